The number of nitrogens with one attached hydrogen (secondary N) is 1. The number of amides is 1. The lowest BCUT2D eigenvalue weighted by Gasteiger charge is -2.23. The van der Waals surface area contributed by atoms with E-state index in [0.717, 1.165) is 28.2 Å². The van der Waals surface area contributed by atoms with Crippen molar-refractivity contribution in [2.75, 3.05) is 29.2 Å². The van der Waals surface area contributed by atoms with Gasteiger partial charge in [0.15, 0.2) is 0 Å². The molecule has 0 saturated carbocycles. The molecule has 4 rings (SSSR count). The van der Waals surface area contributed by atoms with Crippen LogP contribution in [0.15, 0.2) is 36.4 Å². The van der Waals surface area contributed by atoms with Gasteiger partial charge in [-0.25, -0.2) is 0 Å². The molecule has 0 saturated heterocycles. The minimum absolute atomic E-state index is 0.0180. The fourth-order valence-electron chi connectivity index (χ4n) is 3.53. The molecule has 2 aromatic carbocycles. The summed E-state index contributed by atoms with van der Waals surface area (Å²) in [5, 5.41) is 13.0. The topological polar surface area (TPSA) is 55.8 Å². The van der Waals surface area contributed by atoms with Crippen molar-refractivity contribution in [3.05, 3.63) is 47.5 Å². The number of anilines is 3. The minimum atomic E-state index is -0.0971. The molecule has 5 heteroatoms. The maximum absolute atomic E-state index is 12.2. The second-order valence-corrected chi connectivity index (χ2v) is 6.30. The van der Waals surface area contributed by atoms with E-state index in [1.54, 1.807) is 17.0 Å². The second kappa shape index (κ2) is 4.65. The third kappa shape index (κ3) is 1.89. The van der Waals surface area contributed by atoms with Gasteiger partial charge in [0, 0.05) is 19.8 Å². The summed E-state index contributed by atoms with van der Waals surface area (Å²) >= 11 is 0. The molecule has 1 amide bonds. The van der Waals surface area contributed by atoms with Gasteiger partial charge in [-0.3, -0.25) is 4.79 Å². The van der Waals surface area contributed by atoms with Gasteiger partial charge in [-0.2, -0.15) is 0 Å². The predicted octanol–water partition coefficient (Wildman–Crippen LogP) is 3.03. The largest absolute Gasteiger partial charge is 0.508 e. The first-order valence-corrected chi connectivity index (χ1v) is 7.71. The zero-order valence-corrected chi connectivity index (χ0v) is 13.4. The van der Waals surface area contributed by atoms with Gasteiger partial charge in [-0.15, -0.1) is 0 Å². The van der Waals surface area contributed by atoms with Gasteiger partial charge in [-0.05, 0) is 42.3 Å². The third-order valence-corrected chi connectivity index (χ3v) is 4.94. The number of phenols is 1. The number of rotatable bonds is 1. The fraction of sp³-hybridized carbons (Fsp3) is 0.278. The Bertz CT molecular complexity index is 801. The average molecular weight is 309 g/mol. The van der Waals surface area contributed by atoms with E-state index >= 15 is 0 Å². The number of carbonyl (C=O) groups excluding carboxylic acids is 1. The zero-order chi connectivity index (χ0) is 16.3. The van der Waals surface area contributed by atoms with E-state index in [-0.39, 0.29) is 23.7 Å². The van der Waals surface area contributed by atoms with Gasteiger partial charge < -0.3 is 20.2 Å². The molecule has 2 N–H and O–H groups in total. The van der Waals surface area contributed by atoms with Crippen molar-refractivity contribution in [3.63, 3.8) is 0 Å². The van der Waals surface area contributed by atoms with Crippen LogP contribution in [0, 0.1) is 0 Å². The quantitative estimate of drug-likeness (QED) is 0.850. The Hall–Kier alpha value is -2.69. The fourth-order valence-corrected chi connectivity index (χ4v) is 3.53. The molecule has 2 atom stereocenters. The first-order valence-electron chi connectivity index (χ1n) is 7.71. The Kier molecular flexibility index (Phi) is 2.82. The van der Waals surface area contributed by atoms with E-state index in [1.807, 2.05) is 33.2 Å². The van der Waals surface area contributed by atoms with E-state index in [9.17, 15) is 9.90 Å². The second-order valence-electron chi connectivity index (χ2n) is 6.30. The Balaban J connectivity index is 1.74. The molecule has 2 aliphatic heterocycles. The molecule has 0 radical (unpaired) electrons. The Morgan fingerprint density at radius 3 is 2.48 bits per heavy atom. The zero-order valence-electron chi connectivity index (χ0n) is 13.4. The van der Waals surface area contributed by atoms with E-state index < -0.39 is 0 Å². The van der Waals surface area contributed by atoms with Crippen LogP contribution in [0.5, 0.6) is 5.75 Å². The van der Waals surface area contributed by atoms with Crippen molar-refractivity contribution in [2.45, 2.75) is 19.0 Å². The number of nitrogens with zero attached hydrogens (tertiary/aromatic N) is 2. The van der Waals surface area contributed by atoms with Crippen LogP contribution in [0.1, 0.15) is 30.1 Å². The van der Waals surface area contributed by atoms with Crippen LogP contribution in [0.3, 0.4) is 0 Å². The van der Waals surface area contributed by atoms with E-state index in [1.165, 1.54) is 0 Å². The van der Waals surface area contributed by atoms with Crippen molar-refractivity contribution in [3.8, 4) is 5.75 Å². The van der Waals surface area contributed by atoms with Crippen LogP contribution in [0.25, 0.3) is 0 Å². The molecule has 23 heavy (non-hydrogen) atoms. The number of aromatic hydroxyl groups is 1. The molecular formula is C18H19N3O2. The van der Waals surface area contributed by atoms with Gasteiger partial charge in [0.25, 0.3) is 0 Å². The summed E-state index contributed by atoms with van der Waals surface area (Å²) in [5.41, 5.74) is 5.26. The van der Waals surface area contributed by atoms with Crippen LogP contribution in [0.4, 0.5) is 17.1 Å². The van der Waals surface area contributed by atoms with E-state index in [4.69, 9.17) is 0 Å². The standard InChI is InChI=1S/C18H19N3O2/c1-10-13-8-14-16(9-15(13)21(3)18(10)23)20(2)17(19-14)11-4-6-12(22)7-5-11/h4-10,17,19,22H,1-3H3. The van der Waals surface area contributed by atoms with Crippen LogP contribution in [-0.2, 0) is 4.79 Å². The molecule has 0 aliphatic carbocycles. The number of benzene rings is 2. The molecule has 0 spiro atoms. The highest BCUT2D eigenvalue weighted by molar-refractivity contribution is 6.06. The van der Waals surface area contributed by atoms with Gasteiger partial charge in [-0.1, -0.05) is 12.1 Å². The molecule has 5 nitrogen and oxygen atoms in total. The lowest BCUT2D eigenvalue weighted by molar-refractivity contribution is -0.118. The summed E-state index contributed by atoms with van der Waals surface area (Å²) in [6, 6.07) is 11.4. The van der Waals surface area contributed by atoms with Crippen LogP contribution in [-0.4, -0.2) is 25.1 Å². The van der Waals surface area contributed by atoms with Crippen molar-refractivity contribution < 1.29 is 9.90 Å². The monoisotopic (exact) mass is 309 g/mol. The highest BCUT2D eigenvalue weighted by Crippen LogP contribution is 2.47. The summed E-state index contributed by atoms with van der Waals surface area (Å²) < 4.78 is 0. The Morgan fingerprint density at radius 2 is 1.78 bits per heavy atom. The van der Waals surface area contributed by atoms with Gasteiger partial charge in [0.2, 0.25) is 5.91 Å². The molecule has 118 valence electrons. The Morgan fingerprint density at radius 1 is 1.09 bits per heavy atom. The molecule has 0 aromatic heterocycles. The highest BCUT2D eigenvalue weighted by atomic mass is 16.3. The number of fused-ring (bicyclic) bond motifs is 2. The van der Waals surface area contributed by atoms with E-state index in [0.29, 0.717) is 0 Å². The third-order valence-electron chi connectivity index (χ3n) is 4.94. The van der Waals surface area contributed by atoms with Crippen molar-refractivity contribution >= 4 is 23.0 Å². The average Bonchev–Trinajstić information content (AvgIpc) is 2.98. The summed E-state index contributed by atoms with van der Waals surface area (Å²) in [6.07, 6.45) is 0.0180. The number of hydrogen-bond donors (Lipinski definition) is 2. The number of likely N-dealkylation sites (N-methyl/N-ethyl adjacent to an activating group) is 1. The summed E-state index contributed by atoms with van der Waals surface area (Å²) in [6.45, 7) is 1.95. The van der Waals surface area contributed by atoms with Gasteiger partial charge >= 0.3 is 0 Å². The van der Waals surface area contributed by atoms with Crippen molar-refractivity contribution in [2.24, 2.45) is 0 Å². The lowest BCUT2D eigenvalue weighted by Crippen LogP contribution is -2.24. The lowest BCUT2D eigenvalue weighted by atomic mass is 10.0. The molecule has 2 heterocycles. The van der Waals surface area contributed by atoms with Crippen molar-refractivity contribution in [1.29, 1.82) is 0 Å². The predicted molar refractivity (Wildman–Crippen MR) is 91.1 cm³/mol. The molecular weight excluding hydrogens is 290 g/mol. The maximum Gasteiger partial charge on any atom is 0.234 e. The maximum atomic E-state index is 12.2. The molecule has 2 aromatic rings. The normalized spacial score (nSPS) is 22.1. The molecule has 2 unspecified atom stereocenters. The molecule has 2 aliphatic rings. The number of phenolic OH excluding ortho intramolecular Hbond substituents is 1. The summed E-state index contributed by atoms with van der Waals surface area (Å²) in [4.78, 5) is 16.1. The first-order chi connectivity index (χ1) is 11.0. The first kappa shape index (κ1) is 13.9. The molecule has 0 bridgehead atoms. The van der Waals surface area contributed by atoms with Crippen LogP contribution < -0.4 is 15.1 Å². The van der Waals surface area contributed by atoms with E-state index in [2.05, 4.69) is 22.3 Å². The minimum Gasteiger partial charge on any atom is -0.508 e. The SMILES string of the molecule is CC1C(=O)N(C)c2cc3c(cc21)NC(c1ccc(O)cc1)N3C. The number of hydrogen-bond acceptors (Lipinski definition) is 4. The molecule has 0 fully saturated rings. The smallest absolute Gasteiger partial charge is 0.234 e. The summed E-state index contributed by atoms with van der Waals surface area (Å²) in [5.74, 6) is 0.307. The summed E-state index contributed by atoms with van der Waals surface area (Å²) in [7, 11) is 3.86. The van der Waals surface area contributed by atoms with Crippen LogP contribution >= 0.6 is 0 Å². The van der Waals surface area contributed by atoms with Crippen LogP contribution in [0.2, 0.25) is 0 Å². The van der Waals surface area contributed by atoms with Gasteiger partial charge in [0.05, 0.1) is 17.3 Å². The highest BCUT2D eigenvalue weighted by Gasteiger charge is 2.36. The Labute approximate surface area is 135 Å². The number of carbonyl (C=O) groups is 1. The van der Waals surface area contributed by atoms with Gasteiger partial charge in [0.1, 0.15) is 11.9 Å². The van der Waals surface area contributed by atoms with Crippen molar-refractivity contribution in [1.82, 2.24) is 0 Å².